The van der Waals surface area contributed by atoms with E-state index in [-0.39, 0.29) is 18.0 Å². The van der Waals surface area contributed by atoms with Gasteiger partial charge in [0.05, 0.1) is 4.88 Å². The smallest absolute Gasteiger partial charge is 0.317 e. The van der Waals surface area contributed by atoms with Crippen LogP contribution in [-0.4, -0.2) is 42.0 Å². The van der Waals surface area contributed by atoms with Crippen molar-refractivity contribution in [3.8, 4) is 0 Å². The van der Waals surface area contributed by atoms with Gasteiger partial charge in [0.25, 0.3) is 5.91 Å². The molecule has 1 aromatic heterocycles. The minimum Gasteiger partial charge on any atom is -0.348 e. The number of hydrogen-bond donors (Lipinski definition) is 2. The van der Waals surface area contributed by atoms with Crippen molar-refractivity contribution in [3.05, 3.63) is 21.4 Å². The van der Waals surface area contributed by atoms with Gasteiger partial charge >= 0.3 is 6.03 Å². The number of carbonyl (C=O) groups is 2. The van der Waals surface area contributed by atoms with Crippen molar-refractivity contribution < 1.29 is 9.59 Å². The lowest BCUT2D eigenvalue weighted by Gasteiger charge is -2.34. The second-order valence-corrected chi connectivity index (χ2v) is 10.1. The Morgan fingerprint density at radius 3 is 2.46 bits per heavy atom. The molecule has 1 saturated carbocycles. The van der Waals surface area contributed by atoms with Gasteiger partial charge in [-0.05, 0) is 62.5 Å². The molecule has 2 heterocycles. The van der Waals surface area contributed by atoms with Crippen molar-refractivity contribution in [2.75, 3.05) is 13.1 Å². The molecule has 3 aliphatic rings. The van der Waals surface area contributed by atoms with Gasteiger partial charge in [-0.25, -0.2) is 4.79 Å². The molecule has 0 spiro atoms. The molecular formula is C22H33N3O2S. The molecule has 1 aliphatic heterocycles. The molecule has 1 aromatic rings. The molecule has 1 atom stereocenters. The third kappa shape index (κ3) is 4.70. The minimum atomic E-state index is 0.0668. The summed E-state index contributed by atoms with van der Waals surface area (Å²) in [6.07, 6.45) is 11.1. The first-order valence-corrected chi connectivity index (χ1v) is 11.9. The van der Waals surface area contributed by atoms with Crippen LogP contribution in [0.1, 0.15) is 78.4 Å². The van der Waals surface area contributed by atoms with Crippen LogP contribution in [0.25, 0.3) is 0 Å². The number of aryl methyl sites for hydroxylation is 1. The highest BCUT2D eigenvalue weighted by molar-refractivity contribution is 7.14. The third-order valence-electron chi connectivity index (χ3n) is 6.60. The average Bonchev–Trinajstić information content (AvgIpc) is 3.12. The standard InChI is InChI=1S/C22H33N3O2S/c1-15-7-8-19-16(13-15)14-20(28-19)21(26)23-18-9-11-25(12-10-18)22(27)24-17-5-3-2-4-6-17/h14-15,17-18H,2-13H2,1H3,(H,23,26)(H,24,27). The first kappa shape index (κ1) is 19.7. The number of thiophene rings is 1. The zero-order valence-corrected chi connectivity index (χ0v) is 17.8. The minimum absolute atomic E-state index is 0.0668. The van der Waals surface area contributed by atoms with Gasteiger partial charge in [0, 0.05) is 30.1 Å². The lowest BCUT2D eigenvalue weighted by atomic mass is 9.90. The Bertz CT molecular complexity index is 703. The molecule has 2 fully saturated rings. The second-order valence-electron chi connectivity index (χ2n) is 8.93. The van der Waals surface area contributed by atoms with Gasteiger partial charge in [-0.2, -0.15) is 0 Å². The molecule has 154 valence electrons. The number of likely N-dealkylation sites (tertiary alicyclic amines) is 1. The fraction of sp³-hybridized carbons (Fsp3) is 0.727. The summed E-state index contributed by atoms with van der Waals surface area (Å²) in [4.78, 5) is 29.4. The van der Waals surface area contributed by atoms with Crippen LogP contribution in [0.3, 0.4) is 0 Å². The Labute approximate surface area is 172 Å². The van der Waals surface area contributed by atoms with E-state index in [9.17, 15) is 9.59 Å². The van der Waals surface area contributed by atoms with Crippen LogP contribution in [-0.2, 0) is 12.8 Å². The zero-order chi connectivity index (χ0) is 19.5. The summed E-state index contributed by atoms with van der Waals surface area (Å²) >= 11 is 1.67. The van der Waals surface area contributed by atoms with E-state index in [4.69, 9.17) is 0 Å². The number of hydrogen-bond acceptors (Lipinski definition) is 3. The molecular weight excluding hydrogens is 370 g/mol. The Morgan fingerprint density at radius 2 is 1.71 bits per heavy atom. The normalized spacial score (nSPS) is 23.9. The number of nitrogens with one attached hydrogen (secondary N) is 2. The summed E-state index contributed by atoms with van der Waals surface area (Å²) in [6, 6.07) is 2.71. The molecule has 6 heteroatoms. The number of fused-ring (bicyclic) bond motifs is 1. The van der Waals surface area contributed by atoms with Crippen LogP contribution < -0.4 is 10.6 Å². The van der Waals surface area contributed by atoms with E-state index in [2.05, 4.69) is 23.6 Å². The lowest BCUT2D eigenvalue weighted by Crippen LogP contribution is -2.51. The number of carbonyl (C=O) groups excluding carboxylic acids is 2. The average molecular weight is 404 g/mol. The Kier molecular flexibility index (Phi) is 6.24. The van der Waals surface area contributed by atoms with Gasteiger partial charge < -0.3 is 15.5 Å². The van der Waals surface area contributed by atoms with E-state index in [0.717, 1.165) is 62.4 Å². The van der Waals surface area contributed by atoms with Gasteiger partial charge in [0.1, 0.15) is 0 Å². The molecule has 0 radical (unpaired) electrons. The molecule has 1 saturated heterocycles. The monoisotopic (exact) mass is 403 g/mol. The fourth-order valence-electron chi connectivity index (χ4n) is 4.81. The third-order valence-corrected chi connectivity index (χ3v) is 7.84. The topological polar surface area (TPSA) is 61.4 Å². The van der Waals surface area contributed by atoms with Crippen molar-refractivity contribution in [2.24, 2.45) is 5.92 Å². The molecule has 5 nitrogen and oxygen atoms in total. The predicted molar refractivity (Wildman–Crippen MR) is 113 cm³/mol. The van der Waals surface area contributed by atoms with E-state index in [0.29, 0.717) is 6.04 Å². The van der Waals surface area contributed by atoms with Gasteiger partial charge in [-0.3, -0.25) is 4.79 Å². The number of piperidine rings is 1. The maximum absolute atomic E-state index is 12.7. The predicted octanol–water partition coefficient (Wildman–Crippen LogP) is 4.11. The second kappa shape index (κ2) is 8.85. The SMILES string of the molecule is CC1CCc2sc(C(=O)NC3CCN(C(=O)NC4CCCCC4)CC3)cc2C1. The molecule has 0 aromatic carbocycles. The van der Waals surface area contributed by atoms with Crippen molar-refractivity contribution in [3.63, 3.8) is 0 Å². The molecule has 4 rings (SSSR count). The summed E-state index contributed by atoms with van der Waals surface area (Å²) in [6.45, 7) is 3.74. The summed E-state index contributed by atoms with van der Waals surface area (Å²) in [7, 11) is 0. The number of nitrogens with zero attached hydrogens (tertiary/aromatic N) is 1. The fourth-order valence-corrected chi connectivity index (χ4v) is 5.93. The quantitative estimate of drug-likeness (QED) is 0.798. The van der Waals surface area contributed by atoms with Gasteiger partial charge in [0.15, 0.2) is 0 Å². The molecule has 1 unspecified atom stereocenters. The van der Waals surface area contributed by atoms with Crippen LogP contribution in [0.15, 0.2) is 6.07 Å². The van der Waals surface area contributed by atoms with Crippen molar-refractivity contribution in [2.45, 2.75) is 83.2 Å². The molecule has 3 amide bonds. The van der Waals surface area contributed by atoms with E-state index in [1.165, 1.54) is 36.1 Å². The van der Waals surface area contributed by atoms with Gasteiger partial charge in [-0.1, -0.05) is 26.2 Å². The summed E-state index contributed by atoms with van der Waals surface area (Å²) in [5, 5.41) is 6.41. The summed E-state index contributed by atoms with van der Waals surface area (Å²) in [5.41, 5.74) is 1.38. The van der Waals surface area contributed by atoms with Crippen LogP contribution >= 0.6 is 11.3 Å². The molecule has 2 N–H and O–H groups in total. The largest absolute Gasteiger partial charge is 0.348 e. The van der Waals surface area contributed by atoms with Crippen molar-refractivity contribution >= 4 is 23.3 Å². The van der Waals surface area contributed by atoms with E-state index in [1.54, 1.807) is 11.3 Å². The lowest BCUT2D eigenvalue weighted by molar-refractivity contribution is 0.0921. The van der Waals surface area contributed by atoms with Crippen LogP contribution in [0.4, 0.5) is 4.79 Å². The van der Waals surface area contributed by atoms with Crippen LogP contribution in [0, 0.1) is 5.92 Å². The summed E-state index contributed by atoms with van der Waals surface area (Å²) < 4.78 is 0. The highest BCUT2D eigenvalue weighted by Crippen LogP contribution is 2.32. The van der Waals surface area contributed by atoms with E-state index >= 15 is 0 Å². The van der Waals surface area contributed by atoms with Gasteiger partial charge in [-0.15, -0.1) is 11.3 Å². The van der Waals surface area contributed by atoms with Gasteiger partial charge in [0.2, 0.25) is 0 Å². The first-order valence-electron chi connectivity index (χ1n) is 11.1. The van der Waals surface area contributed by atoms with Crippen molar-refractivity contribution in [1.29, 1.82) is 0 Å². The molecule has 2 aliphatic carbocycles. The highest BCUT2D eigenvalue weighted by atomic mass is 32.1. The number of urea groups is 1. The first-order chi connectivity index (χ1) is 13.6. The molecule has 28 heavy (non-hydrogen) atoms. The molecule has 0 bridgehead atoms. The van der Waals surface area contributed by atoms with E-state index < -0.39 is 0 Å². The van der Waals surface area contributed by atoms with Crippen LogP contribution in [0.2, 0.25) is 0 Å². The Balaban J connectivity index is 1.24. The number of rotatable bonds is 3. The Hall–Kier alpha value is -1.56. The zero-order valence-electron chi connectivity index (χ0n) is 17.0. The van der Waals surface area contributed by atoms with Crippen LogP contribution in [0.5, 0.6) is 0 Å². The number of amides is 3. The van der Waals surface area contributed by atoms with Crippen molar-refractivity contribution in [1.82, 2.24) is 15.5 Å². The summed E-state index contributed by atoms with van der Waals surface area (Å²) in [5.74, 6) is 0.791. The highest BCUT2D eigenvalue weighted by Gasteiger charge is 2.27. The maximum Gasteiger partial charge on any atom is 0.317 e. The van der Waals surface area contributed by atoms with E-state index in [1.807, 2.05) is 4.90 Å². The Morgan fingerprint density at radius 1 is 1.00 bits per heavy atom. The maximum atomic E-state index is 12.7.